The molecule has 2 aliphatic carbocycles. The van der Waals surface area contributed by atoms with Crippen molar-refractivity contribution in [2.75, 3.05) is 6.54 Å². The molecule has 1 aromatic heterocycles. The first-order chi connectivity index (χ1) is 15.5. The summed E-state index contributed by atoms with van der Waals surface area (Å²) in [6.07, 6.45) is 11.8. The van der Waals surface area contributed by atoms with Gasteiger partial charge < -0.3 is 10.3 Å². The predicted molar refractivity (Wildman–Crippen MR) is 130 cm³/mol. The van der Waals surface area contributed by atoms with Gasteiger partial charge in [0.25, 0.3) is 5.91 Å². The highest BCUT2D eigenvalue weighted by molar-refractivity contribution is 5.94. The van der Waals surface area contributed by atoms with E-state index in [9.17, 15) is 9.59 Å². The van der Waals surface area contributed by atoms with Gasteiger partial charge in [0.15, 0.2) is 0 Å². The van der Waals surface area contributed by atoms with E-state index in [1.807, 2.05) is 55.6 Å². The number of aromatic nitrogens is 1. The molecule has 32 heavy (non-hydrogen) atoms. The molecule has 2 bridgehead atoms. The summed E-state index contributed by atoms with van der Waals surface area (Å²) in [5.74, 6) is 0.172. The van der Waals surface area contributed by atoms with Crippen LogP contribution in [0.3, 0.4) is 0 Å². The van der Waals surface area contributed by atoms with Crippen molar-refractivity contribution >= 4 is 18.2 Å². The van der Waals surface area contributed by atoms with Gasteiger partial charge >= 0.3 is 0 Å². The number of amides is 1. The summed E-state index contributed by atoms with van der Waals surface area (Å²) in [4.78, 5) is 32.2. The van der Waals surface area contributed by atoms with Crippen molar-refractivity contribution < 1.29 is 4.79 Å². The van der Waals surface area contributed by atoms with Crippen LogP contribution in [0, 0.1) is 5.92 Å². The Morgan fingerprint density at radius 3 is 2.94 bits per heavy atom. The van der Waals surface area contributed by atoms with Crippen LogP contribution in [0.5, 0.6) is 0 Å². The molecular weight excluding hydrogens is 398 g/mol. The number of aromatic amines is 1. The Hall–Kier alpha value is -3.47. The van der Waals surface area contributed by atoms with Crippen LogP contribution in [-0.4, -0.2) is 23.7 Å². The summed E-state index contributed by atoms with van der Waals surface area (Å²) in [6.45, 7) is 6.73. The van der Waals surface area contributed by atoms with Crippen molar-refractivity contribution in [1.29, 1.82) is 0 Å². The lowest BCUT2D eigenvalue weighted by Gasteiger charge is -2.45. The van der Waals surface area contributed by atoms with Crippen LogP contribution in [0.4, 0.5) is 0 Å². The number of rotatable bonds is 5. The lowest BCUT2D eigenvalue weighted by Crippen LogP contribution is -2.40. The lowest BCUT2D eigenvalue weighted by molar-refractivity contribution is 0.0956. The molecule has 0 saturated carbocycles. The summed E-state index contributed by atoms with van der Waals surface area (Å²) in [5.41, 5.74) is 5.67. The Kier molecular flexibility index (Phi) is 6.08. The zero-order valence-corrected chi connectivity index (χ0v) is 18.8. The number of carbonyl (C=O) groups is 1. The summed E-state index contributed by atoms with van der Waals surface area (Å²) in [6, 6.07) is 11.1. The van der Waals surface area contributed by atoms with Gasteiger partial charge in [0.1, 0.15) is 5.54 Å². The van der Waals surface area contributed by atoms with Crippen LogP contribution in [0.15, 0.2) is 75.6 Å². The molecule has 5 nitrogen and oxygen atoms in total. The topological polar surface area (TPSA) is 74.3 Å². The number of hydrogen-bond acceptors (Lipinski definition) is 3. The number of allylic oxidation sites excluding steroid dienone is 3. The quantitative estimate of drug-likeness (QED) is 0.542. The summed E-state index contributed by atoms with van der Waals surface area (Å²) < 4.78 is 0. The van der Waals surface area contributed by atoms with Gasteiger partial charge in [-0.2, -0.15) is 0 Å². The second-order valence-electron chi connectivity index (χ2n) is 8.44. The van der Waals surface area contributed by atoms with Gasteiger partial charge in [0.05, 0.1) is 0 Å². The fraction of sp³-hybridized carbons (Fsp3) is 0.296. The summed E-state index contributed by atoms with van der Waals surface area (Å²) in [7, 11) is 0. The highest BCUT2D eigenvalue weighted by Gasteiger charge is 2.46. The van der Waals surface area contributed by atoms with E-state index in [1.54, 1.807) is 6.07 Å². The first kappa shape index (κ1) is 21.8. The van der Waals surface area contributed by atoms with E-state index < -0.39 is 5.54 Å². The molecule has 2 atom stereocenters. The molecule has 1 amide bonds. The van der Waals surface area contributed by atoms with Crippen molar-refractivity contribution in [3.8, 4) is 0 Å². The molecule has 1 aromatic carbocycles. The average molecular weight is 428 g/mol. The van der Waals surface area contributed by atoms with Crippen LogP contribution >= 0.6 is 0 Å². The molecule has 0 fully saturated rings. The first-order valence-corrected chi connectivity index (χ1v) is 11.1. The Bertz CT molecular complexity index is 1220. The van der Waals surface area contributed by atoms with E-state index >= 15 is 0 Å². The van der Waals surface area contributed by atoms with Crippen LogP contribution in [0.1, 0.15) is 54.4 Å². The van der Waals surface area contributed by atoms with Crippen molar-refractivity contribution in [3.05, 3.63) is 98.5 Å². The van der Waals surface area contributed by atoms with E-state index in [1.165, 1.54) is 11.1 Å². The maximum atomic E-state index is 12.1. The molecule has 164 valence electrons. The zero-order chi connectivity index (χ0) is 22.7. The maximum absolute atomic E-state index is 12.1. The molecule has 0 radical (unpaired) electrons. The Balaban J connectivity index is 1.68. The third-order valence-electron chi connectivity index (χ3n) is 6.23. The van der Waals surface area contributed by atoms with Crippen molar-refractivity contribution in [2.24, 2.45) is 10.9 Å². The van der Waals surface area contributed by atoms with Gasteiger partial charge in [-0.05, 0) is 62.6 Å². The normalized spacial score (nSPS) is 23.4. The molecule has 0 unspecified atom stereocenters. The smallest absolute Gasteiger partial charge is 0.251 e. The van der Waals surface area contributed by atoms with Crippen molar-refractivity contribution in [1.82, 2.24) is 10.3 Å². The Morgan fingerprint density at radius 2 is 2.16 bits per heavy atom. The molecule has 2 aromatic rings. The third kappa shape index (κ3) is 4.03. The van der Waals surface area contributed by atoms with Crippen molar-refractivity contribution in [3.63, 3.8) is 0 Å². The number of fused-ring (bicyclic) bond motifs is 4. The molecular formula is C27H29N3O2. The fourth-order valence-electron chi connectivity index (χ4n) is 5.02. The SMILES string of the molecule is C/C=C1\[C@H]2C=C(C)C[C@]1(/N=C/C=C/c1cccc(C(=O)NCC)c1)c1ccc(=O)[nH]c1C2. The van der Waals surface area contributed by atoms with Gasteiger partial charge in [-0.3, -0.25) is 14.6 Å². The number of H-pyrrole nitrogens is 1. The van der Waals surface area contributed by atoms with Crippen LogP contribution < -0.4 is 10.9 Å². The molecule has 0 saturated heterocycles. The predicted octanol–water partition coefficient (Wildman–Crippen LogP) is 4.57. The monoisotopic (exact) mass is 427 g/mol. The molecule has 2 N–H and O–H groups in total. The minimum Gasteiger partial charge on any atom is -0.352 e. The van der Waals surface area contributed by atoms with E-state index in [4.69, 9.17) is 4.99 Å². The summed E-state index contributed by atoms with van der Waals surface area (Å²) in [5, 5.41) is 2.83. The largest absolute Gasteiger partial charge is 0.352 e. The molecule has 0 spiro atoms. The second-order valence-corrected chi connectivity index (χ2v) is 8.44. The van der Waals surface area contributed by atoms with Gasteiger partial charge in [-0.25, -0.2) is 0 Å². The van der Waals surface area contributed by atoms with E-state index in [-0.39, 0.29) is 17.4 Å². The molecule has 0 aliphatic heterocycles. The highest BCUT2D eigenvalue weighted by atomic mass is 16.1. The van der Waals surface area contributed by atoms with Crippen LogP contribution in [0.2, 0.25) is 0 Å². The number of nitrogens with zero attached hydrogens (tertiary/aromatic N) is 1. The average Bonchev–Trinajstić information content (AvgIpc) is 2.76. The van der Waals surface area contributed by atoms with Crippen LogP contribution in [0.25, 0.3) is 6.08 Å². The molecule has 5 heteroatoms. The standard InChI is InChI=1S/C27H29N3O2/c1-4-22-21-14-18(3)17-27(22,23-11-12-25(31)30-24(23)16-21)29-13-7-9-19-8-6-10-20(15-19)26(32)28-5-2/h4,6-15,21H,5,16-17H2,1-3H3,(H,28,32)(H,30,31)/b9-7+,22-4+,29-13+/t21-,27+/m0/s1. The molecule has 1 heterocycles. The second kappa shape index (κ2) is 8.95. The third-order valence-corrected chi connectivity index (χ3v) is 6.23. The first-order valence-electron chi connectivity index (χ1n) is 11.1. The summed E-state index contributed by atoms with van der Waals surface area (Å²) >= 11 is 0. The maximum Gasteiger partial charge on any atom is 0.251 e. The number of carbonyl (C=O) groups excluding carboxylic acids is 1. The van der Waals surface area contributed by atoms with Crippen molar-refractivity contribution in [2.45, 2.75) is 39.2 Å². The van der Waals surface area contributed by atoms with E-state index in [0.717, 1.165) is 29.7 Å². The molecule has 4 rings (SSSR count). The number of nitrogens with one attached hydrogen (secondary N) is 2. The number of aliphatic imine (C=N–C) groups is 1. The zero-order valence-electron chi connectivity index (χ0n) is 18.8. The minimum atomic E-state index is -0.497. The van der Waals surface area contributed by atoms with Gasteiger partial charge in [-0.15, -0.1) is 0 Å². The lowest BCUT2D eigenvalue weighted by atomic mass is 9.63. The van der Waals surface area contributed by atoms with Gasteiger partial charge in [-0.1, -0.05) is 35.9 Å². The highest BCUT2D eigenvalue weighted by Crippen LogP contribution is 2.51. The minimum absolute atomic E-state index is 0.0718. The number of benzene rings is 1. The van der Waals surface area contributed by atoms with Gasteiger partial charge in [0, 0.05) is 48.0 Å². The van der Waals surface area contributed by atoms with Crippen LogP contribution in [-0.2, 0) is 12.0 Å². The van der Waals surface area contributed by atoms with Gasteiger partial charge in [0.2, 0.25) is 5.56 Å². The number of hydrogen-bond donors (Lipinski definition) is 2. The van der Waals surface area contributed by atoms with E-state index in [0.29, 0.717) is 12.1 Å². The Morgan fingerprint density at radius 1 is 1.31 bits per heavy atom. The molecule has 2 aliphatic rings. The van der Waals surface area contributed by atoms with E-state index in [2.05, 4.69) is 36.3 Å². The Labute approximate surface area is 188 Å². The fourth-order valence-corrected chi connectivity index (χ4v) is 5.02. The number of pyridine rings is 1.